The number of carboxylic acids is 1. The fourth-order valence-electron chi connectivity index (χ4n) is 6.53. The molecule has 4 amide bonds. The number of amides is 4. The highest BCUT2D eigenvalue weighted by Crippen LogP contribution is 2.35. The van der Waals surface area contributed by atoms with Gasteiger partial charge in [0.1, 0.15) is 0 Å². The Hall–Kier alpha value is -4.79. The largest absolute Gasteiger partial charge is 0.481 e. The predicted octanol–water partition coefficient (Wildman–Crippen LogP) is 5.91. The van der Waals surface area contributed by atoms with E-state index in [1.54, 1.807) is 42.5 Å². The number of carbonyl (C=O) groups excluding carboxylic acids is 4. The molecule has 3 aromatic carbocycles. The summed E-state index contributed by atoms with van der Waals surface area (Å²) in [7, 11) is 0. The van der Waals surface area contributed by atoms with Crippen LogP contribution in [0.4, 0.5) is 5.69 Å². The molecule has 0 spiro atoms. The molecule has 3 aliphatic rings. The molecule has 2 saturated carbocycles. The summed E-state index contributed by atoms with van der Waals surface area (Å²) in [5.74, 6) is -1.82. The van der Waals surface area contributed by atoms with Crippen LogP contribution >= 0.6 is 0 Å². The van der Waals surface area contributed by atoms with E-state index in [-0.39, 0.29) is 36.6 Å². The zero-order valence-electron chi connectivity index (χ0n) is 25.8. The molecule has 238 valence electrons. The quantitative estimate of drug-likeness (QED) is 0.216. The van der Waals surface area contributed by atoms with Crippen molar-refractivity contribution >= 4 is 35.3 Å². The number of anilines is 1. The van der Waals surface area contributed by atoms with Gasteiger partial charge in [-0.15, -0.1) is 0 Å². The van der Waals surface area contributed by atoms with Crippen molar-refractivity contribution in [2.75, 3.05) is 18.4 Å². The van der Waals surface area contributed by atoms with Crippen molar-refractivity contribution in [2.45, 2.75) is 69.6 Å². The lowest BCUT2D eigenvalue weighted by Crippen LogP contribution is -2.31. The van der Waals surface area contributed by atoms with Gasteiger partial charge in [-0.3, -0.25) is 28.9 Å². The van der Waals surface area contributed by atoms with Crippen LogP contribution in [-0.4, -0.2) is 52.7 Å². The lowest BCUT2D eigenvalue weighted by Gasteiger charge is -2.23. The molecule has 3 N–H and O–H groups in total. The molecule has 9 nitrogen and oxygen atoms in total. The number of imide groups is 1. The van der Waals surface area contributed by atoms with Crippen LogP contribution in [0, 0.1) is 5.92 Å². The summed E-state index contributed by atoms with van der Waals surface area (Å²) in [6.07, 6.45) is 8.37. The van der Waals surface area contributed by atoms with Crippen LogP contribution < -0.4 is 10.6 Å². The van der Waals surface area contributed by atoms with Gasteiger partial charge in [-0.05, 0) is 91.0 Å². The van der Waals surface area contributed by atoms with Gasteiger partial charge in [0.15, 0.2) is 0 Å². The summed E-state index contributed by atoms with van der Waals surface area (Å²) >= 11 is 0. The lowest BCUT2D eigenvalue weighted by molar-refractivity contribution is -0.136. The molecule has 6 rings (SSSR count). The Balaban J connectivity index is 1.20. The standard InChI is InChI=1S/C37H39N3O6/c41-33(42)18-19-38-34(43)28-10-8-23(9-11-28)20-31(27-14-12-26(13-15-27)25-4-2-1-3-5-25)35(44)39-29-16-17-30-32(21-29)37(46)40(36(30)45)22-24-6-7-24/h8-17,21,24-25,31H,1-7,18-20,22H2,(H,38,43)(H,39,44)(H,41,42). The van der Waals surface area contributed by atoms with Gasteiger partial charge in [0, 0.05) is 24.3 Å². The molecule has 1 aliphatic heterocycles. The van der Waals surface area contributed by atoms with Gasteiger partial charge in [0.25, 0.3) is 17.7 Å². The summed E-state index contributed by atoms with van der Waals surface area (Å²) in [6, 6.07) is 20.1. The molecule has 0 aromatic heterocycles. The average Bonchev–Trinajstić information content (AvgIpc) is 3.87. The summed E-state index contributed by atoms with van der Waals surface area (Å²) in [6.45, 7) is 0.478. The number of carbonyl (C=O) groups is 5. The molecule has 2 fully saturated rings. The molecule has 2 aliphatic carbocycles. The highest BCUT2D eigenvalue weighted by molar-refractivity contribution is 6.22. The molecule has 9 heteroatoms. The summed E-state index contributed by atoms with van der Waals surface area (Å²) < 4.78 is 0. The third-order valence-corrected chi connectivity index (χ3v) is 9.39. The molecule has 3 aromatic rings. The maximum Gasteiger partial charge on any atom is 0.305 e. The first-order chi connectivity index (χ1) is 22.3. The van der Waals surface area contributed by atoms with Crippen molar-refractivity contribution < 1.29 is 29.1 Å². The second-order valence-corrected chi connectivity index (χ2v) is 12.8. The van der Waals surface area contributed by atoms with Crippen LogP contribution in [0.25, 0.3) is 0 Å². The van der Waals surface area contributed by atoms with Crippen molar-refractivity contribution in [3.8, 4) is 0 Å². The number of hydrogen-bond acceptors (Lipinski definition) is 5. The van der Waals surface area contributed by atoms with E-state index < -0.39 is 11.9 Å². The number of hydrogen-bond donors (Lipinski definition) is 3. The van der Waals surface area contributed by atoms with Crippen molar-refractivity contribution in [3.05, 3.63) is 100 Å². The Morgan fingerprint density at radius 3 is 2.20 bits per heavy atom. The number of fused-ring (bicyclic) bond motifs is 1. The van der Waals surface area contributed by atoms with E-state index in [0.29, 0.717) is 47.2 Å². The van der Waals surface area contributed by atoms with E-state index in [4.69, 9.17) is 5.11 Å². The Labute approximate surface area is 268 Å². The van der Waals surface area contributed by atoms with E-state index in [1.165, 1.54) is 42.6 Å². The number of aliphatic carboxylic acids is 1. The zero-order chi connectivity index (χ0) is 32.2. The molecule has 1 atom stereocenters. The molecule has 0 radical (unpaired) electrons. The fraction of sp³-hybridized carbons (Fsp3) is 0.378. The van der Waals surface area contributed by atoms with Gasteiger partial charge in [0.2, 0.25) is 5.91 Å². The summed E-state index contributed by atoms with van der Waals surface area (Å²) in [5.41, 5.74) is 4.54. The highest BCUT2D eigenvalue weighted by atomic mass is 16.4. The minimum atomic E-state index is -0.984. The number of nitrogens with one attached hydrogen (secondary N) is 2. The van der Waals surface area contributed by atoms with E-state index in [0.717, 1.165) is 24.0 Å². The predicted molar refractivity (Wildman–Crippen MR) is 173 cm³/mol. The Kier molecular flexibility index (Phi) is 9.28. The van der Waals surface area contributed by atoms with Crippen LogP contribution in [0.1, 0.15) is 111 Å². The lowest BCUT2D eigenvalue weighted by atomic mass is 9.83. The first-order valence-corrected chi connectivity index (χ1v) is 16.3. The molecule has 1 unspecified atom stereocenters. The first-order valence-electron chi connectivity index (χ1n) is 16.3. The SMILES string of the molecule is O=C(O)CCNC(=O)c1ccc(CC(C(=O)Nc2ccc3c(c2)C(=O)N(CC2CC2)C3=O)c2ccc(C3CCCCC3)cc2)cc1. The fourth-order valence-corrected chi connectivity index (χ4v) is 6.53. The first kappa shape index (κ1) is 31.2. The topological polar surface area (TPSA) is 133 Å². The van der Waals surface area contributed by atoms with Gasteiger partial charge >= 0.3 is 5.97 Å². The Bertz CT molecular complexity index is 1640. The molecule has 0 saturated heterocycles. The second kappa shape index (κ2) is 13.7. The van der Waals surface area contributed by atoms with E-state index in [2.05, 4.69) is 22.8 Å². The molecule has 1 heterocycles. The number of nitrogens with zero attached hydrogens (tertiary/aromatic N) is 1. The third kappa shape index (κ3) is 7.19. The normalized spacial score (nSPS) is 17.0. The van der Waals surface area contributed by atoms with Gasteiger partial charge in [-0.1, -0.05) is 55.7 Å². The second-order valence-electron chi connectivity index (χ2n) is 12.8. The van der Waals surface area contributed by atoms with Gasteiger partial charge in [-0.2, -0.15) is 0 Å². The average molecular weight is 622 g/mol. The zero-order valence-corrected chi connectivity index (χ0v) is 25.8. The molecule has 46 heavy (non-hydrogen) atoms. The molecular formula is C37H39N3O6. The van der Waals surface area contributed by atoms with Gasteiger partial charge in [-0.25, -0.2) is 0 Å². The van der Waals surface area contributed by atoms with E-state index in [1.807, 2.05) is 12.1 Å². The van der Waals surface area contributed by atoms with Crippen molar-refractivity contribution in [1.82, 2.24) is 10.2 Å². The van der Waals surface area contributed by atoms with Crippen LogP contribution in [0.5, 0.6) is 0 Å². The Morgan fingerprint density at radius 1 is 0.826 bits per heavy atom. The van der Waals surface area contributed by atoms with Crippen molar-refractivity contribution in [2.24, 2.45) is 5.92 Å². The maximum absolute atomic E-state index is 13.9. The van der Waals surface area contributed by atoms with Crippen LogP contribution in [0.2, 0.25) is 0 Å². The van der Waals surface area contributed by atoms with E-state index in [9.17, 15) is 24.0 Å². The Morgan fingerprint density at radius 2 is 1.52 bits per heavy atom. The van der Waals surface area contributed by atoms with Crippen LogP contribution in [0.3, 0.4) is 0 Å². The van der Waals surface area contributed by atoms with Crippen LogP contribution in [-0.2, 0) is 16.0 Å². The van der Waals surface area contributed by atoms with Gasteiger partial charge < -0.3 is 15.7 Å². The minimum absolute atomic E-state index is 0.0377. The number of rotatable bonds is 12. The number of benzene rings is 3. The van der Waals surface area contributed by atoms with Crippen molar-refractivity contribution in [3.63, 3.8) is 0 Å². The number of carboxylic acid groups (broad SMARTS) is 1. The summed E-state index contributed by atoms with van der Waals surface area (Å²) in [5, 5.41) is 14.4. The molecule has 0 bridgehead atoms. The van der Waals surface area contributed by atoms with Gasteiger partial charge in [0.05, 0.1) is 23.5 Å². The van der Waals surface area contributed by atoms with Crippen LogP contribution in [0.15, 0.2) is 66.7 Å². The third-order valence-electron chi connectivity index (χ3n) is 9.39. The molecular weight excluding hydrogens is 582 g/mol. The highest BCUT2D eigenvalue weighted by Gasteiger charge is 2.39. The van der Waals surface area contributed by atoms with Crippen molar-refractivity contribution in [1.29, 1.82) is 0 Å². The van der Waals surface area contributed by atoms with E-state index >= 15 is 0 Å². The smallest absolute Gasteiger partial charge is 0.305 e. The maximum atomic E-state index is 13.9. The summed E-state index contributed by atoms with van der Waals surface area (Å²) in [4.78, 5) is 64.4. The monoisotopic (exact) mass is 621 g/mol. The minimum Gasteiger partial charge on any atom is -0.481 e.